The second-order valence-electron chi connectivity index (χ2n) is 4.27. The van der Waals surface area contributed by atoms with Gasteiger partial charge in [0.1, 0.15) is 5.82 Å². The molecule has 19 heavy (non-hydrogen) atoms. The summed E-state index contributed by atoms with van der Waals surface area (Å²) in [6.07, 6.45) is 0. The van der Waals surface area contributed by atoms with E-state index in [1.165, 1.54) is 25.3 Å². The molecule has 0 heterocycles. The van der Waals surface area contributed by atoms with E-state index in [0.29, 0.717) is 5.69 Å². The van der Waals surface area contributed by atoms with E-state index in [1.54, 1.807) is 24.3 Å². The summed E-state index contributed by atoms with van der Waals surface area (Å²) in [5.74, 6) is -0.497. The molecule has 2 aromatic rings. The van der Waals surface area contributed by atoms with Crippen LogP contribution in [0.4, 0.5) is 14.5 Å². The highest BCUT2D eigenvalue weighted by molar-refractivity contribution is 5.46. The molecule has 0 aromatic heterocycles. The Balaban J connectivity index is 2.18. The van der Waals surface area contributed by atoms with E-state index in [1.807, 2.05) is 6.92 Å². The van der Waals surface area contributed by atoms with Crippen LogP contribution < -0.4 is 10.1 Å². The van der Waals surface area contributed by atoms with Gasteiger partial charge in [0, 0.05) is 11.7 Å². The van der Waals surface area contributed by atoms with Crippen molar-refractivity contribution in [3.8, 4) is 5.75 Å². The Bertz CT molecular complexity index is 572. The first-order valence-electron chi connectivity index (χ1n) is 5.95. The van der Waals surface area contributed by atoms with Crippen LogP contribution >= 0.6 is 0 Å². The van der Waals surface area contributed by atoms with Crippen LogP contribution in [0.15, 0.2) is 42.5 Å². The Kier molecular flexibility index (Phi) is 4.00. The van der Waals surface area contributed by atoms with Crippen molar-refractivity contribution in [3.05, 3.63) is 59.7 Å². The Hall–Kier alpha value is -2.10. The predicted octanol–water partition coefficient (Wildman–Crippen LogP) is 4.15. The molecule has 0 radical (unpaired) electrons. The summed E-state index contributed by atoms with van der Waals surface area (Å²) in [7, 11) is 1.42. The Morgan fingerprint density at radius 1 is 1.11 bits per heavy atom. The van der Waals surface area contributed by atoms with Gasteiger partial charge in [0.15, 0.2) is 11.6 Å². The Labute approximate surface area is 111 Å². The molecule has 0 aliphatic carbocycles. The summed E-state index contributed by atoms with van der Waals surface area (Å²) in [4.78, 5) is 0. The maximum absolute atomic E-state index is 13.3. The highest BCUT2D eigenvalue weighted by Gasteiger charge is 2.09. The molecule has 2 rings (SSSR count). The largest absolute Gasteiger partial charge is 0.494 e. The lowest BCUT2D eigenvalue weighted by molar-refractivity contribution is 0.385. The number of methoxy groups -OCH3 is 1. The van der Waals surface area contributed by atoms with Gasteiger partial charge in [-0.25, -0.2) is 8.78 Å². The number of ether oxygens (including phenoxy) is 1. The first-order valence-corrected chi connectivity index (χ1v) is 5.95. The average molecular weight is 263 g/mol. The molecule has 1 atom stereocenters. The molecule has 2 nitrogen and oxygen atoms in total. The molecule has 0 fully saturated rings. The van der Waals surface area contributed by atoms with E-state index in [4.69, 9.17) is 4.74 Å². The van der Waals surface area contributed by atoms with Crippen LogP contribution in [0.3, 0.4) is 0 Å². The topological polar surface area (TPSA) is 21.3 Å². The lowest BCUT2D eigenvalue weighted by atomic mass is 10.1. The summed E-state index contributed by atoms with van der Waals surface area (Å²) < 4.78 is 31.3. The molecule has 0 saturated heterocycles. The normalized spacial score (nSPS) is 12.0. The van der Waals surface area contributed by atoms with Crippen molar-refractivity contribution in [2.75, 3.05) is 12.4 Å². The van der Waals surface area contributed by atoms with E-state index in [2.05, 4.69) is 5.32 Å². The quantitative estimate of drug-likeness (QED) is 0.894. The van der Waals surface area contributed by atoms with E-state index in [9.17, 15) is 8.78 Å². The SMILES string of the molecule is COc1cc(C(C)Nc2cccc(F)c2)ccc1F. The van der Waals surface area contributed by atoms with Crippen molar-refractivity contribution < 1.29 is 13.5 Å². The molecule has 1 unspecified atom stereocenters. The van der Waals surface area contributed by atoms with Gasteiger partial charge in [-0.1, -0.05) is 12.1 Å². The zero-order chi connectivity index (χ0) is 13.8. The Morgan fingerprint density at radius 2 is 1.89 bits per heavy atom. The highest BCUT2D eigenvalue weighted by Crippen LogP contribution is 2.25. The van der Waals surface area contributed by atoms with Crippen LogP contribution in [0, 0.1) is 11.6 Å². The van der Waals surface area contributed by atoms with Crippen molar-refractivity contribution in [3.63, 3.8) is 0 Å². The fraction of sp³-hybridized carbons (Fsp3) is 0.200. The third-order valence-corrected chi connectivity index (χ3v) is 2.88. The average Bonchev–Trinajstić information content (AvgIpc) is 2.39. The number of hydrogen-bond acceptors (Lipinski definition) is 2. The molecule has 0 amide bonds. The molecular weight excluding hydrogens is 248 g/mol. The van der Waals surface area contributed by atoms with Gasteiger partial charge in [-0.15, -0.1) is 0 Å². The summed E-state index contributed by atoms with van der Waals surface area (Å²) in [5.41, 5.74) is 1.54. The van der Waals surface area contributed by atoms with Crippen LogP contribution in [-0.2, 0) is 0 Å². The van der Waals surface area contributed by atoms with Crippen LogP contribution in [0.5, 0.6) is 5.75 Å². The van der Waals surface area contributed by atoms with Gasteiger partial charge in [0.05, 0.1) is 7.11 Å². The van der Waals surface area contributed by atoms with Crippen LogP contribution in [0.2, 0.25) is 0 Å². The molecule has 0 spiro atoms. The van der Waals surface area contributed by atoms with E-state index < -0.39 is 5.82 Å². The molecule has 0 bridgehead atoms. The zero-order valence-corrected chi connectivity index (χ0v) is 10.8. The second kappa shape index (κ2) is 5.69. The number of halogens is 2. The maximum atomic E-state index is 13.3. The van der Waals surface area contributed by atoms with Gasteiger partial charge in [0.2, 0.25) is 0 Å². The van der Waals surface area contributed by atoms with E-state index in [-0.39, 0.29) is 17.6 Å². The van der Waals surface area contributed by atoms with Crippen molar-refractivity contribution in [2.45, 2.75) is 13.0 Å². The van der Waals surface area contributed by atoms with Gasteiger partial charge >= 0.3 is 0 Å². The molecule has 2 aromatic carbocycles. The molecular formula is C15H15F2NO. The third-order valence-electron chi connectivity index (χ3n) is 2.88. The van der Waals surface area contributed by atoms with Gasteiger partial charge in [0.25, 0.3) is 0 Å². The van der Waals surface area contributed by atoms with Crippen LogP contribution in [-0.4, -0.2) is 7.11 Å². The molecule has 100 valence electrons. The van der Waals surface area contributed by atoms with Crippen molar-refractivity contribution in [1.29, 1.82) is 0 Å². The summed E-state index contributed by atoms with van der Waals surface area (Å²) in [6, 6.07) is 10.8. The third kappa shape index (κ3) is 3.22. The molecule has 0 aliphatic rings. The fourth-order valence-corrected chi connectivity index (χ4v) is 1.86. The maximum Gasteiger partial charge on any atom is 0.165 e. The lowest BCUT2D eigenvalue weighted by Crippen LogP contribution is -2.07. The summed E-state index contributed by atoms with van der Waals surface area (Å²) in [6.45, 7) is 1.91. The zero-order valence-electron chi connectivity index (χ0n) is 10.8. The van der Waals surface area contributed by atoms with Crippen LogP contribution in [0.25, 0.3) is 0 Å². The van der Waals surface area contributed by atoms with Crippen molar-refractivity contribution >= 4 is 5.69 Å². The summed E-state index contributed by atoms with van der Waals surface area (Å²) >= 11 is 0. The summed E-state index contributed by atoms with van der Waals surface area (Å²) in [5, 5.41) is 3.15. The van der Waals surface area contributed by atoms with Gasteiger partial charge in [-0.05, 0) is 42.8 Å². The van der Waals surface area contributed by atoms with Gasteiger partial charge in [-0.3, -0.25) is 0 Å². The Morgan fingerprint density at radius 3 is 2.58 bits per heavy atom. The monoisotopic (exact) mass is 263 g/mol. The van der Waals surface area contributed by atoms with Crippen molar-refractivity contribution in [1.82, 2.24) is 0 Å². The minimum atomic E-state index is -0.399. The number of nitrogens with one attached hydrogen (secondary N) is 1. The standard InChI is InChI=1S/C15H15F2NO/c1-10(18-13-5-3-4-12(16)9-13)11-6-7-14(17)15(8-11)19-2/h3-10,18H,1-2H3. The van der Waals surface area contributed by atoms with Gasteiger partial charge in [-0.2, -0.15) is 0 Å². The van der Waals surface area contributed by atoms with Crippen LogP contribution in [0.1, 0.15) is 18.5 Å². The molecule has 1 N–H and O–H groups in total. The highest BCUT2D eigenvalue weighted by atomic mass is 19.1. The van der Waals surface area contributed by atoms with E-state index in [0.717, 1.165) is 5.56 Å². The number of rotatable bonds is 4. The molecule has 0 aliphatic heterocycles. The smallest absolute Gasteiger partial charge is 0.165 e. The molecule has 4 heteroatoms. The second-order valence-corrected chi connectivity index (χ2v) is 4.27. The molecule has 0 saturated carbocycles. The first kappa shape index (κ1) is 13.3. The van der Waals surface area contributed by atoms with Gasteiger partial charge < -0.3 is 10.1 Å². The minimum Gasteiger partial charge on any atom is -0.494 e. The number of hydrogen-bond donors (Lipinski definition) is 1. The fourth-order valence-electron chi connectivity index (χ4n) is 1.86. The predicted molar refractivity (Wildman–Crippen MR) is 71.4 cm³/mol. The minimum absolute atomic E-state index is 0.0868. The number of anilines is 1. The van der Waals surface area contributed by atoms with E-state index >= 15 is 0 Å². The lowest BCUT2D eigenvalue weighted by Gasteiger charge is -2.16. The van der Waals surface area contributed by atoms with Crippen molar-refractivity contribution in [2.24, 2.45) is 0 Å². The number of benzene rings is 2. The first-order chi connectivity index (χ1) is 9.10.